The lowest BCUT2D eigenvalue weighted by atomic mass is 10.2. The SMILES string of the molecule is CC1CC1c1ocnc1CO. The van der Waals surface area contributed by atoms with Crippen molar-refractivity contribution in [1.29, 1.82) is 0 Å². The van der Waals surface area contributed by atoms with Crippen molar-refractivity contribution >= 4 is 0 Å². The molecule has 2 unspecified atom stereocenters. The van der Waals surface area contributed by atoms with Crippen molar-refractivity contribution in [2.75, 3.05) is 0 Å². The van der Waals surface area contributed by atoms with Crippen LogP contribution in [0, 0.1) is 5.92 Å². The standard InChI is InChI=1S/C8H11NO2/c1-5-2-6(5)8-7(3-10)9-4-11-8/h4-6,10H,2-3H2,1H3. The molecule has 2 rings (SSSR count). The van der Waals surface area contributed by atoms with Crippen LogP contribution in [0.15, 0.2) is 10.8 Å². The average molecular weight is 153 g/mol. The van der Waals surface area contributed by atoms with Crippen LogP contribution < -0.4 is 0 Å². The first-order valence-corrected chi connectivity index (χ1v) is 3.86. The monoisotopic (exact) mass is 153 g/mol. The zero-order valence-electron chi connectivity index (χ0n) is 6.45. The molecule has 1 heterocycles. The molecular weight excluding hydrogens is 142 g/mol. The molecule has 60 valence electrons. The molecule has 1 fully saturated rings. The minimum atomic E-state index is -0.00491. The zero-order chi connectivity index (χ0) is 7.84. The van der Waals surface area contributed by atoms with E-state index in [1.807, 2.05) is 0 Å². The molecule has 1 aromatic rings. The van der Waals surface area contributed by atoms with E-state index in [1.54, 1.807) is 0 Å². The number of hydrogen-bond acceptors (Lipinski definition) is 3. The van der Waals surface area contributed by atoms with Gasteiger partial charge in [-0.3, -0.25) is 0 Å². The van der Waals surface area contributed by atoms with Gasteiger partial charge in [0.2, 0.25) is 0 Å². The molecule has 2 atom stereocenters. The highest BCUT2D eigenvalue weighted by atomic mass is 16.3. The molecule has 0 aromatic carbocycles. The van der Waals surface area contributed by atoms with E-state index in [4.69, 9.17) is 9.52 Å². The van der Waals surface area contributed by atoms with Crippen LogP contribution in [-0.2, 0) is 6.61 Å². The van der Waals surface area contributed by atoms with Crippen LogP contribution in [-0.4, -0.2) is 10.1 Å². The molecule has 3 heteroatoms. The van der Waals surface area contributed by atoms with Gasteiger partial charge in [0.1, 0.15) is 11.5 Å². The highest BCUT2D eigenvalue weighted by Crippen LogP contribution is 2.47. The van der Waals surface area contributed by atoms with Gasteiger partial charge in [0.25, 0.3) is 0 Å². The molecule has 0 bridgehead atoms. The molecule has 0 saturated heterocycles. The fraction of sp³-hybridized carbons (Fsp3) is 0.625. The van der Waals surface area contributed by atoms with Crippen molar-refractivity contribution in [3.8, 4) is 0 Å². The topological polar surface area (TPSA) is 46.3 Å². The average Bonchev–Trinajstić information content (AvgIpc) is 2.58. The van der Waals surface area contributed by atoms with Gasteiger partial charge in [-0.1, -0.05) is 6.92 Å². The van der Waals surface area contributed by atoms with E-state index >= 15 is 0 Å². The van der Waals surface area contributed by atoms with Gasteiger partial charge in [0.05, 0.1) is 6.61 Å². The van der Waals surface area contributed by atoms with Crippen LogP contribution >= 0.6 is 0 Å². The van der Waals surface area contributed by atoms with Crippen LogP contribution in [0.4, 0.5) is 0 Å². The third-order valence-electron chi connectivity index (χ3n) is 2.27. The number of aliphatic hydroxyl groups is 1. The van der Waals surface area contributed by atoms with Crippen molar-refractivity contribution in [2.45, 2.75) is 25.9 Å². The smallest absolute Gasteiger partial charge is 0.181 e. The highest BCUT2D eigenvalue weighted by molar-refractivity contribution is 5.18. The Labute approximate surface area is 65.1 Å². The summed E-state index contributed by atoms with van der Waals surface area (Å²) < 4.78 is 5.18. The van der Waals surface area contributed by atoms with Crippen molar-refractivity contribution in [1.82, 2.24) is 4.98 Å². The van der Waals surface area contributed by atoms with Gasteiger partial charge in [-0.05, 0) is 12.3 Å². The normalized spacial score (nSPS) is 28.9. The molecular formula is C8H11NO2. The molecule has 0 radical (unpaired) electrons. The van der Waals surface area contributed by atoms with Gasteiger partial charge >= 0.3 is 0 Å². The second kappa shape index (κ2) is 2.34. The van der Waals surface area contributed by atoms with Crippen LogP contribution in [0.5, 0.6) is 0 Å². The largest absolute Gasteiger partial charge is 0.448 e. The van der Waals surface area contributed by atoms with Crippen LogP contribution in [0.1, 0.15) is 30.7 Å². The Bertz CT molecular complexity index is 256. The Hall–Kier alpha value is -0.830. The predicted molar refractivity (Wildman–Crippen MR) is 38.9 cm³/mol. The Morgan fingerprint density at radius 3 is 3.09 bits per heavy atom. The summed E-state index contributed by atoms with van der Waals surface area (Å²) in [5.74, 6) is 2.10. The van der Waals surface area contributed by atoms with Gasteiger partial charge < -0.3 is 9.52 Å². The summed E-state index contributed by atoms with van der Waals surface area (Å²) in [6.07, 6.45) is 2.58. The van der Waals surface area contributed by atoms with Crippen molar-refractivity contribution in [3.05, 3.63) is 17.8 Å². The van der Waals surface area contributed by atoms with E-state index in [0.717, 1.165) is 5.76 Å². The van der Waals surface area contributed by atoms with Crippen molar-refractivity contribution in [2.24, 2.45) is 5.92 Å². The van der Waals surface area contributed by atoms with E-state index < -0.39 is 0 Å². The summed E-state index contributed by atoms with van der Waals surface area (Å²) in [6.45, 7) is 2.17. The van der Waals surface area contributed by atoms with Crippen LogP contribution in [0.25, 0.3) is 0 Å². The molecule has 0 amide bonds. The molecule has 1 N–H and O–H groups in total. The van der Waals surface area contributed by atoms with Crippen LogP contribution in [0.3, 0.4) is 0 Å². The van der Waals surface area contributed by atoms with E-state index in [1.165, 1.54) is 12.8 Å². The summed E-state index contributed by atoms with van der Waals surface area (Å²) >= 11 is 0. The van der Waals surface area contributed by atoms with E-state index in [0.29, 0.717) is 17.5 Å². The van der Waals surface area contributed by atoms with Gasteiger partial charge in [-0.15, -0.1) is 0 Å². The van der Waals surface area contributed by atoms with Gasteiger partial charge in [-0.2, -0.15) is 0 Å². The molecule has 11 heavy (non-hydrogen) atoms. The van der Waals surface area contributed by atoms with Gasteiger partial charge in [0.15, 0.2) is 6.39 Å². The van der Waals surface area contributed by atoms with Crippen molar-refractivity contribution < 1.29 is 9.52 Å². The zero-order valence-corrected chi connectivity index (χ0v) is 6.45. The molecule has 1 saturated carbocycles. The van der Waals surface area contributed by atoms with E-state index in [2.05, 4.69) is 11.9 Å². The quantitative estimate of drug-likeness (QED) is 0.696. The fourth-order valence-electron chi connectivity index (χ4n) is 1.39. The highest BCUT2D eigenvalue weighted by Gasteiger charge is 2.38. The Morgan fingerprint density at radius 2 is 2.55 bits per heavy atom. The van der Waals surface area contributed by atoms with E-state index in [-0.39, 0.29) is 6.61 Å². The van der Waals surface area contributed by atoms with Crippen LogP contribution in [0.2, 0.25) is 0 Å². The number of nitrogens with zero attached hydrogens (tertiary/aromatic N) is 1. The summed E-state index contributed by atoms with van der Waals surface area (Å²) in [4.78, 5) is 3.91. The molecule has 1 aromatic heterocycles. The predicted octanol–water partition coefficient (Wildman–Crippen LogP) is 1.29. The Balaban J connectivity index is 2.23. The summed E-state index contributed by atoms with van der Waals surface area (Å²) in [5.41, 5.74) is 0.708. The number of aliphatic hydroxyl groups excluding tert-OH is 1. The molecule has 1 aliphatic rings. The second-order valence-electron chi connectivity index (χ2n) is 3.14. The summed E-state index contributed by atoms with van der Waals surface area (Å²) in [5, 5.41) is 8.85. The first-order valence-electron chi connectivity index (χ1n) is 3.86. The maximum Gasteiger partial charge on any atom is 0.181 e. The fourth-order valence-corrected chi connectivity index (χ4v) is 1.39. The molecule has 0 spiro atoms. The van der Waals surface area contributed by atoms with Gasteiger partial charge in [0, 0.05) is 5.92 Å². The number of hydrogen-bond donors (Lipinski definition) is 1. The lowest BCUT2D eigenvalue weighted by Crippen LogP contribution is -1.89. The Kier molecular flexibility index (Phi) is 1.46. The lowest BCUT2D eigenvalue weighted by molar-refractivity contribution is 0.274. The van der Waals surface area contributed by atoms with E-state index in [9.17, 15) is 0 Å². The first-order chi connectivity index (χ1) is 5.33. The second-order valence-corrected chi connectivity index (χ2v) is 3.14. The molecule has 1 aliphatic carbocycles. The molecule has 0 aliphatic heterocycles. The third-order valence-corrected chi connectivity index (χ3v) is 2.27. The maximum atomic E-state index is 8.85. The number of oxazole rings is 1. The third kappa shape index (κ3) is 1.05. The summed E-state index contributed by atoms with van der Waals surface area (Å²) in [7, 11) is 0. The van der Waals surface area contributed by atoms with Crippen molar-refractivity contribution in [3.63, 3.8) is 0 Å². The minimum absolute atomic E-state index is 0.00491. The summed E-state index contributed by atoms with van der Waals surface area (Å²) in [6, 6.07) is 0. The molecule has 3 nitrogen and oxygen atoms in total. The number of rotatable bonds is 2. The number of aromatic nitrogens is 1. The lowest BCUT2D eigenvalue weighted by Gasteiger charge is -1.93. The Morgan fingerprint density at radius 1 is 1.82 bits per heavy atom. The first kappa shape index (κ1) is 6.85. The minimum Gasteiger partial charge on any atom is -0.448 e. The van der Waals surface area contributed by atoms with Gasteiger partial charge in [-0.25, -0.2) is 4.98 Å². The maximum absolute atomic E-state index is 8.85.